The van der Waals surface area contributed by atoms with Crippen molar-refractivity contribution in [2.45, 2.75) is 13.3 Å². The molecule has 6 heteroatoms. The van der Waals surface area contributed by atoms with Crippen LogP contribution in [0.5, 0.6) is 0 Å². The Hall–Kier alpha value is -1.95. The number of para-hydroxylation sites is 1. The molecule has 0 aliphatic carbocycles. The Morgan fingerprint density at radius 2 is 2.12 bits per heavy atom. The third-order valence-electron chi connectivity index (χ3n) is 2.56. The Morgan fingerprint density at radius 3 is 2.88 bits per heavy atom. The highest BCUT2D eigenvalue weighted by molar-refractivity contribution is 7.19. The Morgan fingerprint density at radius 1 is 1.29 bits per heavy atom. The van der Waals surface area contributed by atoms with Crippen LogP contribution in [0, 0.1) is 0 Å². The first-order valence-electron chi connectivity index (χ1n) is 5.35. The van der Waals surface area contributed by atoms with Crippen molar-refractivity contribution in [3.05, 3.63) is 30.1 Å². The summed E-state index contributed by atoms with van der Waals surface area (Å²) in [7, 11) is 0. The van der Waals surface area contributed by atoms with Crippen molar-refractivity contribution in [1.82, 2.24) is 19.8 Å². The number of fused-ring (bicyclic) bond motifs is 1. The summed E-state index contributed by atoms with van der Waals surface area (Å²) in [5, 5.41) is 13.5. The van der Waals surface area contributed by atoms with Crippen molar-refractivity contribution >= 4 is 22.0 Å². The van der Waals surface area contributed by atoms with Gasteiger partial charge in [0.2, 0.25) is 4.96 Å². The van der Waals surface area contributed by atoms with Crippen LogP contribution < -0.4 is 5.73 Å². The van der Waals surface area contributed by atoms with E-state index in [1.165, 1.54) is 11.3 Å². The van der Waals surface area contributed by atoms with Crippen LogP contribution in [0.3, 0.4) is 0 Å². The van der Waals surface area contributed by atoms with Crippen molar-refractivity contribution < 1.29 is 0 Å². The molecule has 0 aliphatic heterocycles. The summed E-state index contributed by atoms with van der Waals surface area (Å²) in [6.07, 6.45) is 0.814. The minimum absolute atomic E-state index is 0.732. The maximum atomic E-state index is 5.94. The van der Waals surface area contributed by atoms with E-state index in [0.717, 1.165) is 33.5 Å². The quantitative estimate of drug-likeness (QED) is 0.701. The molecule has 3 aromatic rings. The number of aryl methyl sites for hydroxylation is 1. The fourth-order valence-electron chi connectivity index (χ4n) is 1.68. The zero-order chi connectivity index (χ0) is 11.8. The molecule has 17 heavy (non-hydrogen) atoms. The molecule has 0 bridgehead atoms. The molecule has 0 saturated heterocycles. The van der Waals surface area contributed by atoms with Gasteiger partial charge in [0.25, 0.3) is 0 Å². The number of nitrogens with zero attached hydrogens (tertiary/aromatic N) is 4. The number of anilines is 1. The molecule has 2 aromatic heterocycles. The van der Waals surface area contributed by atoms with E-state index in [0.29, 0.717) is 0 Å². The molecular formula is C11H11N5S. The fourth-order valence-corrected chi connectivity index (χ4v) is 2.58. The smallest absolute Gasteiger partial charge is 0.234 e. The van der Waals surface area contributed by atoms with Gasteiger partial charge < -0.3 is 5.73 Å². The van der Waals surface area contributed by atoms with Crippen LogP contribution in [-0.2, 0) is 6.42 Å². The van der Waals surface area contributed by atoms with Gasteiger partial charge in [0, 0.05) is 17.7 Å². The van der Waals surface area contributed by atoms with Crippen LogP contribution >= 0.6 is 11.3 Å². The van der Waals surface area contributed by atoms with Crippen molar-refractivity contribution in [3.8, 4) is 10.6 Å². The number of nitrogens with two attached hydrogens (primary N) is 1. The molecule has 2 heterocycles. The topological polar surface area (TPSA) is 69.1 Å². The molecule has 0 unspecified atom stereocenters. The van der Waals surface area contributed by atoms with Crippen LogP contribution in [0.4, 0.5) is 5.69 Å². The predicted molar refractivity (Wildman–Crippen MR) is 67.9 cm³/mol. The second-order valence-electron chi connectivity index (χ2n) is 3.66. The van der Waals surface area contributed by atoms with Crippen LogP contribution in [0.25, 0.3) is 15.5 Å². The Balaban J connectivity index is 2.19. The van der Waals surface area contributed by atoms with Gasteiger partial charge in [-0.25, -0.2) is 0 Å². The highest BCUT2D eigenvalue weighted by Crippen LogP contribution is 2.29. The lowest BCUT2D eigenvalue weighted by atomic mass is 10.2. The lowest BCUT2D eigenvalue weighted by Gasteiger charge is -1.99. The molecule has 5 nitrogen and oxygen atoms in total. The molecule has 2 N–H and O–H groups in total. The van der Waals surface area contributed by atoms with Crippen LogP contribution in [0.1, 0.15) is 12.7 Å². The number of benzene rings is 1. The predicted octanol–water partition coefficient (Wildman–Crippen LogP) is 2.00. The van der Waals surface area contributed by atoms with Crippen LogP contribution in [-0.4, -0.2) is 19.8 Å². The Labute approximate surface area is 102 Å². The third kappa shape index (κ3) is 1.57. The van der Waals surface area contributed by atoms with Gasteiger partial charge in [-0.05, 0) is 12.1 Å². The molecule has 86 valence electrons. The minimum Gasteiger partial charge on any atom is -0.398 e. The number of rotatable bonds is 2. The maximum absolute atomic E-state index is 5.94. The van der Waals surface area contributed by atoms with Gasteiger partial charge in [-0.1, -0.05) is 30.4 Å². The monoisotopic (exact) mass is 245 g/mol. The van der Waals surface area contributed by atoms with Crippen LogP contribution in [0.2, 0.25) is 0 Å². The number of nitrogen functional groups attached to an aromatic ring is 1. The average Bonchev–Trinajstić information content (AvgIpc) is 2.88. The lowest BCUT2D eigenvalue weighted by molar-refractivity contribution is 0.838. The summed E-state index contributed by atoms with van der Waals surface area (Å²) >= 11 is 1.50. The highest BCUT2D eigenvalue weighted by atomic mass is 32.1. The normalized spacial score (nSPS) is 11.1. The van der Waals surface area contributed by atoms with Gasteiger partial charge in [0.1, 0.15) is 5.01 Å². The van der Waals surface area contributed by atoms with E-state index >= 15 is 0 Å². The van der Waals surface area contributed by atoms with Gasteiger partial charge in [0.05, 0.1) is 0 Å². The molecule has 0 amide bonds. The molecule has 1 aromatic carbocycles. The van der Waals surface area contributed by atoms with Gasteiger partial charge in [-0.3, -0.25) is 0 Å². The van der Waals surface area contributed by atoms with E-state index in [4.69, 9.17) is 5.73 Å². The number of aromatic nitrogens is 4. The van der Waals surface area contributed by atoms with E-state index in [1.807, 2.05) is 31.2 Å². The molecule has 0 aliphatic rings. The molecule has 3 rings (SSSR count). The Kier molecular flexibility index (Phi) is 2.29. The largest absolute Gasteiger partial charge is 0.398 e. The van der Waals surface area contributed by atoms with Crippen molar-refractivity contribution in [2.24, 2.45) is 0 Å². The lowest BCUT2D eigenvalue weighted by Crippen LogP contribution is -1.94. The van der Waals surface area contributed by atoms with Crippen molar-refractivity contribution in [2.75, 3.05) is 5.73 Å². The first-order valence-corrected chi connectivity index (χ1v) is 6.17. The van der Waals surface area contributed by atoms with E-state index in [1.54, 1.807) is 4.52 Å². The standard InChI is InChI=1S/C11H11N5S/c1-2-9-13-14-11-16(9)15-10(17-11)7-5-3-4-6-8(7)12/h3-6H,2,12H2,1H3. The first kappa shape index (κ1) is 10.2. The maximum Gasteiger partial charge on any atom is 0.234 e. The molecule has 0 saturated carbocycles. The average molecular weight is 245 g/mol. The van der Waals surface area contributed by atoms with E-state index in [-0.39, 0.29) is 0 Å². The fraction of sp³-hybridized carbons (Fsp3) is 0.182. The molecule has 0 radical (unpaired) electrons. The van der Waals surface area contributed by atoms with Gasteiger partial charge in [-0.15, -0.1) is 10.2 Å². The number of hydrogen-bond acceptors (Lipinski definition) is 5. The molecule has 0 spiro atoms. The first-order chi connectivity index (χ1) is 8.29. The van der Waals surface area contributed by atoms with E-state index in [9.17, 15) is 0 Å². The summed E-state index contributed by atoms with van der Waals surface area (Å²) in [6, 6.07) is 7.70. The SMILES string of the molecule is CCc1nnc2sc(-c3ccccc3N)nn12. The zero-order valence-corrected chi connectivity index (χ0v) is 10.1. The van der Waals surface area contributed by atoms with Gasteiger partial charge >= 0.3 is 0 Å². The summed E-state index contributed by atoms with van der Waals surface area (Å²) in [4.78, 5) is 0.806. The minimum atomic E-state index is 0.732. The third-order valence-corrected chi connectivity index (χ3v) is 3.49. The number of hydrogen-bond donors (Lipinski definition) is 1. The van der Waals surface area contributed by atoms with Gasteiger partial charge in [-0.2, -0.15) is 9.61 Å². The second-order valence-corrected chi connectivity index (χ2v) is 4.61. The van der Waals surface area contributed by atoms with Crippen molar-refractivity contribution in [1.29, 1.82) is 0 Å². The Bertz CT molecular complexity index is 669. The summed E-state index contributed by atoms with van der Waals surface area (Å²) in [5.74, 6) is 0.872. The van der Waals surface area contributed by atoms with Crippen molar-refractivity contribution in [3.63, 3.8) is 0 Å². The highest BCUT2D eigenvalue weighted by Gasteiger charge is 2.12. The van der Waals surface area contributed by atoms with E-state index < -0.39 is 0 Å². The summed E-state index contributed by atoms with van der Waals surface area (Å²) in [5.41, 5.74) is 7.62. The van der Waals surface area contributed by atoms with E-state index in [2.05, 4.69) is 15.3 Å². The van der Waals surface area contributed by atoms with Crippen LogP contribution in [0.15, 0.2) is 24.3 Å². The zero-order valence-electron chi connectivity index (χ0n) is 9.29. The summed E-state index contributed by atoms with van der Waals surface area (Å²) < 4.78 is 1.78. The molecular weight excluding hydrogens is 234 g/mol. The van der Waals surface area contributed by atoms with Gasteiger partial charge in [0.15, 0.2) is 5.82 Å². The molecule has 0 fully saturated rings. The summed E-state index contributed by atoms with van der Waals surface area (Å²) in [6.45, 7) is 2.03. The molecule has 0 atom stereocenters. The second kappa shape index (κ2) is 3.81.